The van der Waals surface area contributed by atoms with E-state index in [2.05, 4.69) is 25.8 Å². The fraction of sp³-hybridized carbons (Fsp3) is 0.300. The molecule has 2 amide bonds. The fourth-order valence-corrected chi connectivity index (χ4v) is 2.78. The van der Waals surface area contributed by atoms with Crippen molar-refractivity contribution in [2.75, 3.05) is 11.9 Å². The molecule has 0 aliphatic carbocycles. The third kappa shape index (κ3) is 4.13. The zero-order chi connectivity index (χ0) is 19.6. The lowest BCUT2D eigenvalue weighted by molar-refractivity contribution is 0.0948. The van der Waals surface area contributed by atoms with Crippen LogP contribution in [-0.4, -0.2) is 33.5 Å². The molecular weight excluding hydrogens is 342 g/mol. The lowest BCUT2D eigenvalue weighted by atomic mass is 10.1. The van der Waals surface area contributed by atoms with Gasteiger partial charge in [0.15, 0.2) is 5.65 Å². The van der Waals surface area contributed by atoms with Crippen molar-refractivity contribution < 1.29 is 9.59 Å². The van der Waals surface area contributed by atoms with Gasteiger partial charge in [-0.2, -0.15) is 5.10 Å². The molecule has 2 aromatic heterocycles. The minimum atomic E-state index is -0.244. The van der Waals surface area contributed by atoms with Gasteiger partial charge in [-0.15, -0.1) is 0 Å². The van der Waals surface area contributed by atoms with Gasteiger partial charge in [0.05, 0.1) is 10.9 Å². The van der Waals surface area contributed by atoms with Crippen LogP contribution in [-0.2, 0) is 0 Å². The Morgan fingerprint density at radius 1 is 1.11 bits per heavy atom. The number of aromatic nitrogens is 3. The van der Waals surface area contributed by atoms with Crippen LogP contribution >= 0.6 is 0 Å². The number of aromatic amines is 1. The average Bonchev–Trinajstić information content (AvgIpc) is 3.00. The maximum atomic E-state index is 12.8. The molecule has 0 radical (unpaired) electrons. The van der Waals surface area contributed by atoms with Crippen LogP contribution < -0.4 is 10.6 Å². The van der Waals surface area contributed by atoms with E-state index in [0.29, 0.717) is 40.3 Å². The summed E-state index contributed by atoms with van der Waals surface area (Å²) in [4.78, 5) is 29.2. The molecule has 0 unspecified atom stereocenters. The summed E-state index contributed by atoms with van der Waals surface area (Å²) in [6.45, 7) is 8.38. The van der Waals surface area contributed by atoms with E-state index in [0.717, 1.165) is 11.4 Å². The molecule has 140 valence electrons. The number of anilines is 1. The van der Waals surface area contributed by atoms with Gasteiger partial charge in [0.2, 0.25) is 0 Å². The van der Waals surface area contributed by atoms with Crippen molar-refractivity contribution in [3.63, 3.8) is 0 Å². The zero-order valence-corrected chi connectivity index (χ0v) is 15.9. The Labute approximate surface area is 157 Å². The monoisotopic (exact) mass is 365 g/mol. The number of pyridine rings is 1. The van der Waals surface area contributed by atoms with E-state index in [1.54, 1.807) is 30.3 Å². The van der Waals surface area contributed by atoms with Gasteiger partial charge in [-0.25, -0.2) is 4.98 Å². The molecule has 7 nitrogen and oxygen atoms in total. The summed E-state index contributed by atoms with van der Waals surface area (Å²) in [7, 11) is 0. The van der Waals surface area contributed by atoms with Gasteiger partial charge in [-0.1, -0.05) is 13.8 Å². The lowest BCUT2D eigenvalue weighted by Crippen LogP contribution is -2.27. The number of hydrogen-bond acceptors (Lipinski definition) is 4. The molecule has 0 bridgehead atoms. The Morgan fingerprint density at radius 3 is 2.48 bits per heavy atom. The van der Waals surface area contributed by atoms with Crippen LogP contribution in [0.3, 0.4) is 0 Å². The van der Waals surface area contributed by atoms with Crippen molar-refractivity contribution >= 4 is 28.5 Å². The highest BCUT2D eigenvalue weighted by Gasteiger charge is 2.16. The van der Waals surface area contributed by atoms with Crippen molar-refractivity contribution in [1.29, 1.82) is 0 Å². The Hall–Kier alpha value is -3.22. The first kappa shape index (κ1) is 18.6. The number of rotatable bonds is 5. The normalized spacial score (nSPS) is 11.0. The minimum absolute atomic E-state index is 0.123. The second-order valence-corrected chi connectivity index (χ2v) is 6.99. The predicted molar refractivity (Wildman–Crippen MR) is 105 cm³/mol. The van der Waals surface area contributed by atoms with Crippen molar-refractivity contribution in [2.24, 2.45) is 5.92 Å². The van der Waals surface area contributed by atoms with Gasteiger partial charge in [0, 0.05) is 29.2 Å². The van der Waals surface area contributed by atoms with Crippen LogP contribution in [0.15, 0.2) is 30.3 Å². The van der Waals surface area contributed by atoms with E-state index in [9.17, 15) is 9.59 Å². The third-order valence-electron chi connectivity index (χ3n) is 4.15. The average molecular weight is 365 g/mol. The maximum absolute atomic E-state index is 12.8. The van der Waals surface area contributed by atoms with Crippen LogP contribution in [0.5, 0.6) is 0 Å². The molecule has 0 aliphatic heterocycles. The molecule has 1 aromatic carbocycles. The van der Waals surface area contributed by atoms with Crippen molar-refractivity contribution in [1.82, 2.24) is 20.5 Å². The molecule has 27 heavy (non-hydrogen) atoms. The summed E-state index contributed by atoms with van der Waals surface area (Å²) in [6, 6.07) is 8.57. The molecule has 2 heterocycles. The van der Waals surface area contributed by atoms with Gasteiger partial charge < -0.3 is 10.6 Å². The summed E-state index contributed by atoms with van der Waals surface area (Å²) in [5.74, 6) is 0.0219. The largest absolute Gasteiger partial charge is 0.352 e. The van der Waals surface area contributed by atoms with Gasteiger partial charge in [-0.05, 0) is 50.1 Å². The Balaban J connectivity index is 1.77. The number of aryl methyl sites for hydroxylation is 2. The quantitative estimate of drug-likeness (QED) is 0.646. The number of amides is 2. The Kier molecular flexibility index (Phi) is 5.21. The smallest absolute Gasteiger partial charge is 0.256 e. The molecule has 0 fully saturated rings. The SMILES string of the molecule is Cc1cc(C(=O)Nc2ccc(C(=O)NCC(C)C)cc2)c2c(C)[nH]nc2n1. The molecule has 0 saturated carbocycles. The number of nitrogens with zero attached hydrogens (tertiary/aromatic N) is 2. The third-order valence-corrected chi connectivity index (χ3v) is 4.15. The number of fused-ring (bicyclic) bond motifs is 1. The first-order chi connectivity index (χ1) is 12.8. The number of hydrogen-bond donors (Lipinski definition) is 3. The van der Waals surface area contributed by atoms with E-state index in [1.807, 2.05) is 27.7 Å². The predicted octanol–water partition coefficient (Wildman–Crippen LogP) is 3.21. The molecule has 7 heteroatoms. The second-order valence-electron chi connectivity index (χ2n) is 6.99. The van der Waals surface area contributed by atoms with Crippen molar-refractivity contribution in [3.8, 4) is 0 Å². The van der Waals surface area contributed by atoms with Crippen LogP contribution in [0.1, 0.15) is 46.0 Å². The van der Waals surface area contributed by atoms with Crippen LogP contribution in [0.2, 0.25) is 0 Å². The number of nitrogens with one attached hydrogen (secondary N) is 3. The fourth-order valence-electron chi connectivity index (χ4n) is 2.78. The summed E-state index contributed by atoms with van der Waals surface area (Å²) in [5, 5.41) is 13.4. The van der Waals surface area contributed by atoms with E-state index in [1.165, 1.54) is 0 Å². The van der Waals surface area contributed by atoms with Crippen molar-refractivity contribution in [3.05, 3.63) is 52.8 Å². The summed E-state index contributed by atoms with van der Waals surface area (Å²) < 4.78 is 0. The van der Waals surface area contributed by atoms with Crippen LogP contribution in [0.4, 0.5) is 5.69 Å². The van der Waals surface area contributed by atoms with E-state index in [4.69, 9.17) is 0 Å². The molecule has 3 N–H and O–H groups in total. The molecule has 0 saturated heterocycles. The summed E-state index contributed by atoms with van der Waals surface area (Å²) in [5.41, 5.74) is 3.72. The topological polar surface area (TPSA) is 99.8 Å². The number of H-pyrrole nitrogens is 1. The van der Waals surface area contributed by atoms with Gasteiger partial charge in [0.1, 0.15) is 0 Å². The lowest BCUT2D eigenvalue weighted by Gasteiger charge is -2.10. The zero-order valence-electron chi connectivity index (χ0n) is 15.9. The molecule has 0 spiro atoms. The van der Waals surface area contributed by atoms with Gasteiger partial charge in [0.25, 0.3) is 11.8 Å². The number of carbonyl (C=O) groups excluding carboxylic acids is 2. The number of benzene rings is 1. The standard InChI is InChI=1S/C20H23N5O2/c1-11(2)10-21-19(26)14-5-7-15(8-6-14)23-20(27)16-9-12(3)22-18-17(16)13(4)24-25-18/h5-9,11H,10H2,1-4H3,(H,21,26)(H,23,27)(H,22,24,25). The Bertz CT molecular complexity index is 990. The summed E-state index contributed by atoms with van der Waals surface area (Å²) in [6.07, 6.45) is 0. The molecule has 0 atom stereocenters. The van der Waals surface area contributed by atoms with E-state index < -0.39 is 0 Å². The van der Waals surface area contributed by atoms with Gasteiger partial charge >= 0.3 is 0 Å². The second kappa shape index (κ2) is 7.57. The summed E-state index contributed by atoms with van der Waals surface area (Å²) >= 11 is 0. The molecule has 3 rings (SSSR count). The highest BCUT2D eigenvalue weighted by Crippen LogP contribution is 2.21. The van der Waals surface area contributed by atoms with E-state index >= 15 is 0 Å². The maximum Gasteiger partial charge on any atom is 0.256 e. The molecular formula is C20H23N5O2. The minimum Gasteiger partial charge on any atom is -0.352 e. The van der Waals surface area contributed by atoms with E-state index in [-0.39, 0.29) is 11.8 Å². The molecule has 3 aromatic rings. The van der Waals surface area contributed by atoms with Gasteiger partial charge in [-0.3, -0.25) is 14.7 Å². The first-order valence-electron chi connectivity index (χ1n) is 8.87. The Morgan fingerprint density at radius 2 is 1.81 bits per heavy atom. The molecule has 0 aliphatic rings. The number of carbonyl (C=O) groups is 2. The highest BCUT2D eigenvalue weighted by molar-refractivity contribution is 6.12. The van der Waals surface area contributed by atoms with Crippen LogP contribution in [0.25, 0.3) is 11.0 Å². The first-order valence-corrected chi connectivity index (χ1v) is 8.87. The highest BCUT2D eigenvalue weighted by atomic mass is 16.2. The van der Waals surface area contributed by atoms with Crippen molar-refractivity contribution in [2.45, 2.75) is 27.7 Å². The van der Waals surface area contributed by atoms with Crippen LogP contribution in [0, 0.1) is 19.8 Å².